The van der Waals surface area contributed by atoms with Gasteiger partial charge in [0.1, 0.15) is 0 Å². The molecule has 0 unspecified atom stereocenters. The van der Waals surface area contributed by atoms with Crippen LogP contribution in [0.1, 0.15) is 22.3 Å². The molecule has 0 saturated carbocycles. The molecule has 0 saturated heterocycles. The molecular weight excluding hydrogens is 428 g/mol. The fourth-order valence-electron chi connectivity index (χ4n) is 4.61. The molecule has 4 rings (SSSR count). The van der Waals surface area contributed by atoms with Crippen LogP contribution in [0.5, 0.6) is 0 Å². The van der Waals surface area contributed by atoms with Crippen molar-refractivity contribution in [2.24, 2.45) is 0 Å². The van der Waals surface area contributed by atoms with Gasteiger partial charge in [0.25, 0.3) is 0 Å². The predicted octanol–water partition coefficient (Wildman–Crippen LogP) is 6.10. The SMILES string of the molecule is CO[C@@H](CNCc1ccccc1)[C@H](Cc1ccccc1)N(Cc1ccccc1)Cc1ccccc1. The molecule has 0 aliphatic rings. The predicted molar refractivity (Wildman–Crippen MR) is 145 cm³/mol. The number of rotatable bonds is 13. The summed E-state index contributed by atoms with van der Waals surface area (Å²) in [4.78, 5) is 2.58. The molecule has 2 atom stereocenters. The van der Waals surface area contributed by atoms with E-state index in [1.807, 2.05) is 7.11 Å². The molecule has 3 nitrogen and oxygen atoms in total. The van der Waals surface area contributed by atoms with Gasteiger partial charge < -0.3 is 10.1 Å². The highest BCUT2D eigenvalue weighted by atomic mass is 16.5. The van der Waals surface area contributed by atoms with Crippen molar-refractivity contribution in [3.05, 3.63) is 144 Å². The molecule has 35 heavy (non-hydrogen) atoms. The Balaban J connectivity index is 1.58. The lowest BCUT2D eigenvalue weighted by Gasteiger charge is -2.37. The number of ether oxygens (including phenoxy) is 1. The van der Waals surface area contributed by atoms with E-state index in [2.05, 4.69) is 132 Å². The number of nitrogens with one attached hydrogen (secondary N) is 1. The zero-order valence-corrected chi connectivity index (χ0v) is 20.6. The minimum Gasteiger partial charge on any atom is -0.378 e. The van der Waals surface area contributed by atoms with Crippen molar-refractivity contribution < 1.29 is 4.74 Å². The van der Waals surface area contributed by atoms with Gasteiger partial charge in [-0.3, -0.25) is 4.90 Å². The van der Waals surface area contributed by atoms with E-state index in [0.29, 0.717) is 0 Å². The third kappa shape index (κ3) is 7.90. The molecule has 0 amide bonds. The Morgan fingerprint density at radius 3 is 1.49 bits per heavy atom. The average Bonchev–Trinajstić information content (AvgIpc) is 2.92. The van der Waals surface area contributed by atoms with E-state index in [9.17, 15) is 0 Å². The average molecular weight is 465 g/mol. The monoisotopic (exact) mass is 464 g/mol. The zero-order chi connectivity index (χ0) is 24.1. The second-order valence-electron chi connectivity index (χ2n) is 9.02. The van der Waals surface area contributed by atoms with Crippen molar-refractivity contribution in [1.82, 2.24) is 10.2 Å². The molecule has 4 aromatic rings. The van der Waals surface area contributed by atoms with Gasteiger partial charge in [-0.05, 0) is 28.7 Å². The van der Waals surface area contributed by atoms with E-state index in [1.54, 1.807) is 0 Å². The summed E-state index contributed by atoms with van der Waals surface area (Å²) >= 11 is 0. The van der Waals surface area contributed by atoms with Gasteiger partial charge in [0.15, 0.2) is 0 Å². The van der Waals surface area contributed by atoms with Crippen LogP contribution in [0.3, 0.4) is 0 Å². The van der Waals surface area contributed by atoms with Crippen LogP contribution in [0.25, 0.3) is 0 Å². The van der Waals surface area contributed by atoms with Crippen molar-refractivity contribution >= 4 is 0 Å². The summed E-state index contributed by atoms with van der Waals surface area (Å²) in [5.41, 5.74) is 5.24. The Labute approximate surface area is 210 Å². The molecular formula is C32H36N2O. The molecule has 0 aromatic heterocycles. The summed E-state index contributed by atoms with van der Waals surface area (Å²) in [7, 11) is 1.84. The fraction of sp³-hybridized carbons (Fsp3) is 0.250. The lowest BCUT2D eigenvalue weighted by Crippen LogP contribution is -2.49. The van der Waals surface area contributed by atoms with Crippen LogP contribution in [0.2, 0.25) is 0 Å². The largest absolute Gasteiger partial charge is 0.378 e. The van der Waals surface area contributed by atoms with E-state index in [4.69, 9.17) is 4.74 Å². The first-order valence-electron chi connectivity index (χ1n) is 12.4. The Bertz CT molecular complexity index is 1050. The van der Waals surface area contributed by atoms with E-state index in [0.717, 1.165) is 32.6 Å². The van der Waals surface area contributed by atoms with Crippen LogP contribution in [0, 0.1) is 0 Å². The van der Waals surface area contributed by atoms with Crippen LogP contribution >= 0.6 is 0 Å². The maximum Gasteiger partial charge on any atom is 0.0854 e. The van der Waals surface area contributed by atoms with Gasteiger partial charge in [0.2, 0.25) is 0 Å². The maximum atomic E-state index is 6.17. The summed E-state index contributed by atoms with van der Waals surface area (Å²) in [6.07, 6.45) is 0.956. The third-order valence-electron chi connectivity index (χ3n) is 6.46. The highest BCUT2D eigenvalue weighted by Gasteiger charge is 2.28. The van der Waals surface area contributed by atoms with Crippen molar-refractivity contribution in [3.63, 3.8) is 0 Å². The molecule has 0 heterocycles. The maximum absolute atomic E-state index is 6.17. The molecule has 1 N–H and O–H groups in total. The van der Waals surface area contributed by atoms with Crippen LogP contribution in [0.15, 0.2) is 121 Å². The first-order chi connectivity index (χ1) is 17.3. The molecule has 0 aliphatic carbocycles. The number of methoxy groups -OCH3 is 1. The van der Waals surface area contributed by atoms with Crippen molar-refractivity contribution in [3.8, 4) is 0 Å². The molecule has 0 spiro atoms. The van der Waals surface area contributed by atoms with Gasteiger partial charge in [-0.1, -0.05) is 121 Å². The van der Waals surface area contributed by atoms with Crippen LogP contribution in [-0.4, -0.2) is 30.7 Å². The van der Waals surface area contributed by atoms with Gasteiger partial charge in [0, 0.05) is 39.3 Å². The lowest BCUT2D eigenvalue weighted by atomic mass is 9.97. The van der Waals surface area contributed by atoms with Crippen LogP contribution in [-0.2, 0) is 30.8 Å². The highest BCUT2D eigenvalue weighted by molar-refractivity contribution is 5.20. The molecule has 0 radical (unpaired) electrons. The molecule has 0 fully saturated rings. The Morgan fingerprint density at radius 2 is 1.03 bits per heavy atom. The molecule has 0 aliphatic heterocycles. The zero-order valence-electron chi connectivity index (χ0n) is 20.6. The van der Waals surface area contributed by atoms with Gasteiger partial charge in [-0.25, -0.2) is 0 Å². The topological polar surface area (TPSA) is 24.5 Å². The minimum absolute atomic E-state index is 0.0337. The quantitative estimate of drug-likeness (QED) is 0.259. The smallest absolute Gasteiger partial charge is 0.0854 e. The second-order valence-corrected chi connectivity index (χ2v) is 9.02. The van der Waals surface area contributed by atoms with Crippen molar-refractivity contribution in [2.45, 2.75) is 38.2 Å². The molecule has 4 aromatic carbocycles. The molecule has 0 bridgehead atoms. The van der Waals surface area contributed by atoms with Gasteiger partial charge >= 0.3 is 0 Å². The van der Waals surface area contributed by atoms with Crippen molar-refractivity contribution in [2.75, 3.05) is 13.7 Å². The van der Waals surface area contributed by atoms with Crippen molar-refractivity contribution in [1.29, 1.82) is 0 Å². The van der Waals surface area contributed by atoms with E-state index >= 15 is 0 Å². The Morgan fingerprint density at radius 1 is 0.600 bits per heavy atom. The number of nitrogens with zero attached hydrogens (tertiary/aromatic N) is 1. The van der Waals surface area contributed by atoms with Gasteiger partial charge in [-0.2, -0.15) is 0 Å². The van der Waals surface area contributed by atoms with Crippen LogP contribution in [0.4, 0.5) is 0 Å². The molecule has 180 valence electrons. The number of benzene rings is 4. The first-order valence-corrected chi connectivity index (χ1v) is 12.4. The second kappa shape index (κ2) is 13.6. The third-order valence-corrected chi connectivity index (χ3v) is 6.46. The standard InChI is InChI=1S/C32H36N2O/c1-35-32(24-33-23-28-16-8-3-9-17-28)31(22-27-14-6-2-7-15-27)34(25-29-18-10-4-11-19-29)26-30-20-12-5-13-21-30/h2-21,31-33H,22-26H2,1H3/t31-,32-/m0/s1. The summed E-state index contributed by atoms with van der Waals surface area (Å²) in [5, 5.41) is 3.65. The van der Waals surface area contributed by atoms with E-state index in [1.165, 1.54) is 22.3 Å². The lowest BCUT2D eigenvalue weighted by molar-refractivity contribution is 0.00692. The minimum atomic E-state index is 0.0337. The van der Waals surface area contributed by atoms with Gasteiger partial charge in [-0.15, -0.1) is 0 Å². The number of hydrogen-bond acceptors (Lipinski definition) is 3. The fourth-order valence-corrected chi connectivity index (χ4v) is 4.61. The number of hydrogen-bond donors (Lipinski definition) is 1. The van der Waals surface area contributed by atoms with E-state index < -0.39 is 0 Å². The molecule has 3 heteroatoms. The Kier molecular flexibility index (Phi) is 9.66. The summed E-state index contributed by atoms with van der Waals surface area (Å²) in [6.45, 7) is 3.34. The van der Waals surface area contributed by atoms with E-state index in [-0.39, 0.29) is 12.1 Å². The Hall–Kier alpha value is -3.24. The van der Waals surface area contributed by atoms with Crippen LogP contribution < -0.4 is 5.32 Å². The highest BCUT2D eigenvalue weighted by Crippen LogP contribution is 2.21. The summed E-state index contributed by atoms with van der Waals surface area (Å²) in [6, 6.07) is 43.0. The summed E-state index contributed by atoms with van der Waals surface area (Å²) < 4.78 is 6.17. The normalized spacial score (nSPS) is 13.0. The first kappa shape index (κ1) is 24.9. The summed E-state index contributed by atoms with van der Waals surface area (Å²) in [5.74, 6) is 0. The van der Waals surface area contributed by atoms with Gasteiger partial charge in [0.05, 0.1) is 6.10 Å².